The SMILES string of the molecule is CC=Nc1ccc(Br)cc1. The minimum absolute atomic E-state index is 0.991. The number of rotatable bonds is 1. The van der Waals surface area contributed by atoms with E-state index in [1.54, 1.807) is 6.21 Å². The Kier molecular flexibility index (Phi) is 2.63. The highest BCUT2D eigenvalue weighted by Gasteiger charge is 1.85. The van der Waals surface area contributed by atoms with Crippen LogP contribution in [0.15, 0.2) is 33.7 Å². The van der Waals surface area contributed by atoms with Crippen LogP contribution in [-0.4, -0.2) is 6.21 Å². The van der Waals surface area contributed by atoms with Gasteiger partial charge >= 0.3 is 0 Å². The van der Waals surface area contributed by atoms with Gasteiger partial charge in [0.1, 0.15) is 0 Å². The first-order valence-corrected chi connectivity index (χ1v) is 3.86. The lowest BCUT2D eigenvalue weighted by atomic mass is 10.3. The van der Waals surface area contributed by atoms with Crippen LogP contribution in [-0.2, 0) is 0 Å². The van der Waals surface area contributed by atoms with Crippen LogP contribution in [0.5, 0.6) is 0 Å². The van der Waals surface area contributed by atoms with Gasteiger partial charge in [-0.15, -0.1) is 0 Å². The molecule has 0 aliphatic carbocycles. The molecular weight excluding hydrogens is 190 g/mol. The average molecular weight is 198 g/mol. The molecule has 0 spiro atoms. The smallest absolute Gasteiger partial charge is 0.0626 e. The van der Waals surface area contributed by atoms with E-state index in [0.717, 1.165) is 10.2 Å². The molecule has 0 aliphatic rings. The van der Waals surface area contributed by atoms with Gasteiger partial charge in [-0.2, -0.15) is 0 Å². The lowest BCUT2D eigenvalue weighted by Crippen LogP contribution is -1.64. The summed E-state index contributed by atoms with van der Waals surface area (Å²) in [6, 6.07) is 7.87. The third kappa shape index (κ3) is 1.95. The molecule has 0 aliphatic heterocycles. The van der Waals surface area contributed by atoms with E-state index in [2.05, 4.69) is 20.9 Å². The Bertz CT molecular complexity index is 226. The fraction of sp³-hybridized carbons (Fsp3) is 0.125. The van der Waals surface area contributed by atoms with Crippen molar-refractivity contribution in [1.29, 1.82) is 0 Å². The standard InChI is InChI=1S/C8H8BrN/c1-2-10-8-5-3-7(9)4-6-8/h2-6H,1H3. The lowest BCUT2D eigenvalue weighted by Gasteiger charge is -1.90. The van der Waals surface area contributed by atoms with E-state index in [1.807, 2.05) is 31.2 Å². The number of hydrogen-bond acceptors (Lipinski definition) is 1. The van der Waals surface area contributed by atoms with Gasteiger partial charge in [0.05, 0.1) is 5.69 Å². The average Bonchev–Trinajstić information content (AvgIpc) is 1.95. The molecule has 0 amide bonds. The van der Waals surface area contributed by atoms with E-state index >= 15 is 0 Å². The van der Waals surface area contributed by atoms with Gasteiger partial charge in [-0.1, -0.05) is 15.9 Å². The number of halogens is 1. The van der Waals surface area contributed by atoms with Gasteiger partial charge < -0.3 is 0 Å². The first-order chi connectivity index (χ1) is 4.83. The summed E-state index contributed by atoms with van der Waals surface area (Å²) in [4.78, 5) is 4.10. The highest BCUT2D eigenvalue weighted by molar-refractivity contribution is 9.10. The lowest BCUT2D eigenvalue weighted by molar-refractivity contribution is 1.51. The van der Waals surface area contributed by atoms with Crippen LogP contribution in [0.1, 0.15) is 6.92 Å². The first kappa shape index (κ1) is 7.48. The van der Waals surface area contributed by atoms with E-state index in [-0.39, 0.29) is 0 Å². The number of hydrogen-bond donors (Lipinski definition) is 0. The molecular formula is C8H8BrN. The summed E-state index contributed by atoms with van der Waals surface area (Å²) >= 11 is 3.34. The Balaban J connectivity index is 2.89. The minimum Gasteiger partial charge on any atom is -0.262 e. The summed E-state index contributed by atoms with van der Waals surface area (Å²) in [6.07, 6.45) is 1.78. The van der Waals surface area contributed by atoms with Gasteiger partial charge in [-0.05, 0) is 31.2 Å². The molecule has 0 radical (unpaired) electrons. The van der Waals surface area contributed by atoms with Crippen molar-refractivity contribution in [3.05, 3.63) is 28.7 Å². The van der Waals surface area contributed by atoms with Crippen molar-refractivity contribution in [1.82, 2.24) is 0 Å². The first-order valence-electron chi connectivity index (χ1n) is 3.07. The number of aliphatic imine (C=N–C) groups is 1. The van der Waals surface area contributed by atoms with Crippen molar-refractivity contribution in [2.45, 2.75) is 6.92 Å². The molecule has 1 aromatic carbocycles. The molecule has 0 saturated carbocycles. The van der Waals surface area contributed by atoms with Crippen LogP contribution >= 0.6 is 15.9 Å². The monoisotopic (exact) mass is 197 g/mol. The van der Waals surface area contributed by atoms with Crippen LogP contribution in [0.4, 0.5) is 5.69 Å². The Morgan fingerprint density at radius 1 is 1.30 bits per heavy atom. The molecule has 1 aromatic rings. The highest BCUT2D eigenvalue weighted by atomic mass is 79.9. The molecule has 0 N–H and O–H groups in total. The highest BCUT2D eigenvalue weighted by Crippen LogP contribution is 2.15. The molecule has 1 nitrogen and oxygen atoms in total. The van der Waals surface area contributed by atoms with Crippen molar-refractivity contribution >= 4 is 27.8 Å². The second-order valence-electron chi connectivity index (χ2n) is 1.86. The van der Waals surface area contributed by atoms with Crippen molar-refractivity contribution in [3.8, 4) is 0 Å². The van der Waals surface area contributed by atoms with Crippen LogP contribution in [0.25, 0.3) is 0 Å². The van der Waals surface area contributed by atoms with Gasteiger partial charge in [0, 0.05) is 10.7 Å². The Labute approximate surface area is 68.9 Å². The molecule has 0 atom stereocenters. The van der Waals surface area contributed by atoms with Crippen LogP contribution in [0, 0.1) is 0 Å². The van der Waals surface area contributed by atoms with E-state index in [4.69, 9.17) is 0 Å². The van der Waals surface area contributed by atoms with Gasteiger partial charge in [0.25, 0.3) is 0 Å². The molecule has 0 fully saturated rings. The molecule has 0 unspecified atom stereocenters. The maximum atomic E-state index is 4.10. The van der Waals surface area contributed by atoms with E-state index in [1.165, 1.54) is 0 Å². The number of benzene rings is 1. The molecule has 2 heteroatoms. The molecule has 0 bridgehead atoms. The molecule has 0 heterocycles. The fourth-order valence-electron chi connectivity index (χ4n) is 0.676. The van der Waals surface area contributed by atoms with E-state index in [9.17, 15) is 0 Å². The van der Waals surface area contributed by atoms with Crippen molar-refractivity contribution in [2.75, 3.05) is 0 Å². The Morgan fingerprint density at radius 2 is 1.90 bits per heavy atom. The van der Waals surface area contributed by atoms with Crippen molar-refractivity contribution in [3.63, 3.8) is 0 Å². The summed E-state index contributed by atoms with van der Waals surface area (Å²) in [7, 11) is 0. The molecule has 10 heavy (non-hydrogen) atoms. The van der Waals surface area contributed by atoms with Gasteiger partial charge in [0.15, 0.2) is 0 Å². The summed E-state index contributed by atoms with van der Waals surface area (Å²) in [5.41, 5.74) is 0.991. The largest absolute Gasteiger partial charge is 0.262 e. The summed E-state index contributed by atoms with van der Waals surface area (Å²) < 4.78 is 1.09. The Morgan fingerprint density at radius 3 is 2.40 bits per heavy atom. The van der Waals surface area contributed by atoms with E-state index in [0.29, 0.717) is 0 Å². The molecule has 1 rings (SSSR count). The summed E-state index contributed by atoms with van der Waals surface area (Å²) in [5, 5.41) is 0. The maximum absolute atomic E-state index is 4.10. The van der Waals surface area contributed by atoms with Gasteiger partial charge in [-0.3, -0.25) is 4.99 Å². The van der Waals surface area contributed by atoms with Crippen LogP contribution in [0.3, 0.4) is 0 Å². The second kappa shape index (κ2) is 3.52. The third-order valence-corrected chi connectivity index (χ3v) is 1.63. The zero-order valence-corrected chi connectivity index (χ0v) is 7.30. The topological polar surface area (TPSA) is 12.4 Å². The predicted molar refractivity (Wildman–Crippen MR) is 48.0 cm³/mol. The van der Waals surface area contributed by atoms with Crippen LogP contribution < -0.4 is 0 Å². The Hall–Kier alpha value is -0.630. The van der Waals surface area contributed by atoms with Gasteiger partial charge in [-0.25, -0.2) is 0 Å². The van der Waals surface area contributed by atoms with Crippen LogP contribution in [0.2, 0.25) is 0 Å². The van der Waals surface area contributed by atoms with Gasteiger partial charge in [0.2, 0.25) is 0 Å². The quantitative estimate of drug-likeness (QED) is 0.614. The molecule has 0 aromatic heterocycles. The summed E-state index contributed by atoms with van der Waals surface area (Å²) in [6.45, 7) is 1.90. The normalized spacial score (nSPS) is 10.6. The van der Waals surface area contributed by atoms with E-state index < -0.39 is 0 Å². The molecule has 0 saturated heterocycles. The zero-order valence-electron chi connectivity index (χ0n) is 5.71. The van der Waals surface area contributed by atoms with Crippen molar-refractivity contribution < 1.29 is 0 Å². The second-order valence-corrected chi connectivity index (χ2v) is 2.78. The third-order valence-electron chi connectivity index (χ3n) is 1.10. The maximum Gasteiger partial charge on any atom is 0.0626 e. The zero-order chi connectivity index (χ0) is 7.40. The summed E-state index contributed by atoms with van der Waals surface area (Å²) in [5.74, 6) is 0. The number of nitrogens with zero attached hydrogens (tertiary/aromatic N) is 1. The fourth-order valence-corrected chi connectivity index (χ4v) is 0.941. The molecule has 52 valence electrons. The minimum atomic E-state index is 0.991. The van der Waals surface area contributed by atoms with Crippen molar-refractivity contribution in [2.24, 2.45) is 4.99 Å². The predicted octanol–water partition coefficient (Wildman–Crippen LogP) is 3.17.